The molecule has 1 fully saturated rings. The van der Waals surface area contributed by atoms with Gasteiger partial charge in [0.15, 0.2) is 0 Å². The van der Waals surface area contributed by atoms with E-state index in [1.807, 2.05) is 12.1 Å². The zero-order valence-corrected chi connectivity index (χ0v) is 15.9. The molecule has 4 rings (SSSR count). The van der Waals surface area contributed by atoms with Crippen molar-refractivity contribution in [2.24, 2.45) is 0 Å². The maximum Gasteiger partial charge on any atom is 0.344 e. The molecule has 1 N–H and O–H groups in total. The van der Waals surface area contributed by atoms with E-state index in [1.54, 1.807) is 54.4 Å². The topological polar surface area (TPSA) is 88.8 Å². The highest BCUT2D eigenvalue weighted by molar-refractivity contribution is 5.95. The van der Waals surface area contributed by atoms with Gasteiger partial charge in [-0.15, -0.1) is 0 Å². The normalized spacial score (nSPS) is 16.8. The van der Waals surface area contributed by atoms with Crippen molar-refractivity contribution in [2.45, 2.75) is 6.10 Å². The van der Waals surface area contributed by atoms with Crippen molar-refractivity contribution in [3.05, 3.63) is 70.6 Å². The Morgan fingerprint density at radius 3 is 2.79 bits per heavy atom. The molecule has 0 radical (unpaired) electrons. The predicted molar refractivity (Wildman–Crippen MR) is 108 cm³/mol. The van der Waals surface area contributed by atoms with Crippen LogP contribution in [0, 0.1) is 0 Å². The Morgan fingerprint density at radius 2 is 1.97 bits per heavy atom. The van der Waals surface area contributed by atoms with Crippen molar-refractivity contribution in [3.8, 4) is 11.1 Å². The third-order valence-corrected chi connectivity index (χ3v) is 4.91. The molecule has 29 heavy (non-hydrogen) atoms. The van der Waals surface area contributed by atoms with E-state index in [0.29, 0.717) is 35.4 Å². The van der Waals surface area contributed by atoms with Crippen LogP contribution in [0.15, 0.2) is 63.8 Å². The summed E-state index contributed by atoms with van der Waals surface area (Å²) < 4.78 is 10.8. The highest BCUT2D eigenvalue weighted by atomic mass is 16.5. The number of rotatable bonds is 4. The predicted octanol–water partition coefficient (Wildman–Crippen LogP) is 2.05. The molecule has 1 saturated heterocycles. The maximum absolute atomic E-state index is 12.6. The van der Waals surface area contributed by atoms with Crippen LogP contribution >= 0.6 is 0 Å². The summed E-state index contributed by atoms with van der Waals surface area (Å²) in [4.78, 5) is 38.0. The Bertz CT molecular complexity index is 1140. The summed E-state index contributed by atoms with van der Waals surface area (Å²) >= 11 is 0. The van der Waals surface area contributed by atoms with Gasteiger partial charge in [-0.05, 0) is 29.8 Å². The van der Waals surface area contributed by atoms with E-state index in [1.165, 1.54) is 0 Å². The van der Waals surface area contributed by atoms with Gasteiger partial charge >= 0.3 is 5.63 Å². The van der Waals surface area contributed by atoms with Gasteiger partial charge in [-0.2, -0.15) is 0 Å². The van der Waals surface area contributed by atoms with E-state index in [-0.39, 0.29) is 24.5 Å². The number of para-hydroxylation sites is 1. The molecule has 148 valence electrons. The molecule has 1 aliphatic rings. The number of hydrogen-bond donors (Lipinski definition) is 1. The zero-order chi connectivity index (χ0) is 20.4. The number of ether oxygens (including phenoxy) is 1. The first-order valence-corrected chi connectivity index (χ1v) is 9.28. The van der Waals surface area contributed by atoms with E-state index in [9.17, 15) is 14.4 Å². The molecule has 2 aromatic carbocycles. The molecule has 2 amide bonds. The lowest BCUT2D eigenvalue weighted by Crippen LogP contribution is -2.48. The second-order valence-corrected chi connectivity index (χ2v) is 6.98. The number of hydrogen-bond acceptors (Lipinski definition) is 5. The van der Waals surface area contributed by atoms with Crippen LogP contribution < -0.4 is 10.9 Å². The van der Waals surface area contributed by atoms with Crippen molar-refractivity contribution in [1.29, 1.82) is 0 Å². The van der Waals surface area contributed by atoms with Crippen molar-refractivity contribution < 1.29 is 18.7 Å². The van der Waals surface area contributed by atoms with Gasteiger partial charge in [0.1, 0.15) is 12.2 Å². The molecule has 0 aliphatic carbocycles. The van der Waals surface area contributed by atoms with Gasteiger partial charge in [0.05, 0.1) is 11.7 Å². The fourth-order valence-corrected chi connectivity index (χ4v) is 3.28. The first kappa shape index (κ1) is 18.9. The summed E-state index contributed by atoms with van der Waals surface area (Å²) in [5.74, 6) is -0.352. The number of carbonyl (C=O) groups excluding carboxylic acids is 2. The van der Waals surface area contributed by atoms with Gasteiger partial charge in [0, 0.05) is 31.1 Å². The fourth-order valence-electron chi connectivity index (χ4n) is 3.28. The van der Waals surface area contributed by atoms with Crippen LogP contribution in [-0.2, 0) is 9.53 Å². The smallest absolute Gasteiger partial charge is 0.344 e. The largest absolute Gasteiger partial charge is 0.422 e. The lowest BCUT2D eigenvalue weighted by molar-refractivity contribution is -0.146. The molecule has 3 aromatic rings. The van der Waals surface area contributed by atoms with Gasteiger partial charge in [0.25, 0.3) is 5.91 Å². The summed E-state index contributed by atoms with van der Waals surface area (Å²) in [6.07, 6.45) is -0.252. The molecule has 0 spiro atoms. The molecule has 0 bridgehead atoms. The van der Waals surface area contributed by atoms with Gasteiger partial charge in [-0.1, -0.05) is 30.3 Å². The van der Waals surface area contributed by atoms with Crippen LogP contribution in [0.1, 0.15) is 10.4 Å². The number of nitrogens with zero attached hydrogens (tertiary/aromatic N) is 1. The highest BCUT2D eigenvalue weighted by Crippen LogP contribution is 2.22. The van der Waals surface area contributed by atoms with Gasteiger partial charge < -0.3 is 19.4 Å². The van der Waals surface area contributed by atoms with Gasteiger partial charge in [0.2, 0.25) is 5.91 Å². The SMILES string of the molecule is CN1CC(CNC(=O)c2cccc(-c3cc4ccccc4oc3=O)c2)OCC1=O. The molecule has 7 nitrogen and oxygen atoms in total. The number of morpholine rings is 1. The van der Waals surface area contributed by atoms with Crippen molar-refractivity contribution in [3.63, 3.8) is 0 Å². The summed E-state index contributed by atoms with van der Waals surface area (Å²) in [5, 5.41) is 3.63. The Balaban J connectivity index is 1.51. The summed E-state index contributed by atoms with van der Waals surface area (Å²) in [6.45, 7) is 0.736. The number of amides is 2. The third-order valence-electron chi connectivity index (χ3n) is 4.91. The number of benzene rings is 2. The average Bonchev–Trinajstić information content (AvgIpc) is 2.74. The Hall–Kier alpha value is -3.45. The van der Waals surface area contributed by atoms with E-state index in [4.69, 9.17) is 9.15 Å². The molecule has 1 aromatic heterocycles. The van der Waals surface area contributed by atoms with Crippen LogP contribution in [0.3, 0.4) is 0 Å². The van der Waals surface area contributed by atoms with Crippen LogP contribution in [0.5, 0.6) is 0 Å². The average molecular weight is 392 g/mol. The Labute approximate surface area is 166 Å². The Kier molecular flexibility index (Phi) is 5.14. The summed E-state index contributed by atoms with van der Waals surface area (Å²) in [7, 11) is 1.71. The second kappa shape index (κ2) is 7.89. The minimum absolute atomic E-state index is 0.0181. The lowest BCUT2D eigenvalue weighted by atomic mass is 10.0. The van der Waals surface area contributed by atoms with E-state index in [0.717, 1.165) is 5.39 Å². The highest BCUT2D eigenvalue weighted by Gasteiger charge is 2.24. The molecular weight excluding hydrogens is 372 g/mol. The number of nitrogens with one attached hydrogen (secondary N) is 1. The number of likely N-dealkylation sites (N-methyl/N-ethyl adjacent to an activating group) is 1. The molecule has 1 unspecified atom stereocenters. The molecule has 7 heteroatoms. The first-order chi connectivity index (χ1) is 14.0. The lowest BCUT2D eigenvalue weighted by Gasteiger charge is -2.29. The van der Waals surface area contributed by atoms with E-state index < -0.39 is 5.63 Å². The van der Waals surface area contributed by atoms with E-state index >= 15 is 0 Å². The second-order valence-electron chi connectivity index (χ2n) is 6.98. The van der Waals surface area contributed by atoms with Crippen LogP contribution in [-0.4, -0.2) is 49.6 Å². The van der Waals surface area contributed by atoms with Gasteiger partial charge in [-0.25, -0.2) is 4.79 Å². The molecule has 0 saturated carbocycles. The van der Waals surface area contributed by atoms with Crippen molar-refractivity contribution in [1.82, 2.24) is 10.2 Å². The molecular formula is C22H20N2O5. The third kappa shape index (κ3) is 4.05. The Morgan fingerprint density at radius 1 is 1.14 bits per heavy atom. The minimum atomic E-state index is -0.454. The number of carbonyl (C=O) groups is 2. The monoisotopic (exact) mass is 392 g/mol. The van der Waals surface area contributed by atoms with Crippen LogP contribution in [0.25, 0.3) is 22.1 Å². The standard InChI is InChI=1S/C22H20N2O5/c1-24-12-17(28-13-20(24)25)11-23-21(26)16-7-4-6-14(9-16)18-10-15-5-2-3-8-19(15)29-22(18)27/h2-10,17H,11-13H2,1H3,(H,23,26). The van der Waals surface area contributed by atoms with E-state index in [2.05, 4.69) is 5.32 Å². The fraction of sp³-hybridized carbons (Fsp3) is 0.227. The molecule has 1 aliphatic heterocycles. The summed E-state index contributed by atoms with van der Waals surface area (Å²) in [6, 6.07) is 15.9. The van der Waals surface area contributed by atoms with Crippen molar-refractivity contribution in [2.75, 3.05) is 26.7 Å². The first-order valence-electron chi connectivity index (χ1n) is 9.28. The van der Waals surface area contributed by atoms with Crippen LogP contribution in [0.2, 0.25) is 0 Å². The van der Waals surface area contributed by atoms with Gasteiger partial charge in [-0.3, -0.25) is 9.59 Å². The molecule has 1 atom stereocenters. The zero-order valence-electron chi connectivity index (χ0n) is 15.9. The number of fused-ring (bicyclic) bond motifs is 1. The molecule has 2 heterocycles. The summed E-state index contributed by atoms with van der Waals surface area (Å²) in [5.41, 5.74) is 1.50. The van der Waals surface area contributed by atoms with Crippen molar-refractivity contribution >= 4 is 22.8 Å². The van der Waals surface area contributed by atoms with Crippen LogP contribution in [0.4, 0.5) is 0 Å². The quantitative estimate of drug-likeness (QED) is 0.687. The maximum atomic E-state index is 12.6. The minimum Gasteiger partial charge on any atom is -0.422 e.